The Labute approximate surface area is 85.8 Å². The average molecular weight is 207 g/mol. The molecule has 0 atom stereocenters. The van der Waals surface area contributed by atoms with Gasteiger partial charge in [0.15, 0.2) is 0 Å². The molecule has 0 spiro atoms. The van der Waals surface area contributed by atoms with E-state index in [1.165, 1.54) is 6.92 Å². The maximum Gasteiger partial charge on any atom is 0.346 e. The highest BCUT2D eigenvalue weighted by molar-refractivity contribution is 6.14. The Hall–Kier alpha value is -2.17. The van der Waals surface area contributed by atoms with E-state index >= 15 is 0 Å². The zero-order valence-electron chi connectivity index (χ0n) is 8.02. The molecular weight excluding hydrogens is 198 g/mol. The molecule has 15 heavy (non-hydrogen) atoms. The summed E-state index contributed by atoms with van der Waals surface area (Å²) < 4.78 is 4.35. The third kappa shape index (κ3) is 2.63. The Bertz CT molecular complexity index is 388. The SMILES string of the molecule is CC(N)=O.O=C1OC(=O)c2ccccc21. The molecule has 5 heteroatoms. The molecule has 0 saturated carbocycles. The maximum atomic E-state index is 10.8. The fourth-order valence-corrected chi connectivity index (χ4v) is 1.03. The van der Waals surface area contributed by atoms with Crippen molar-refractivity contribution in [2.24, 2.45) is 5.73 Å². The minimum Gasteiger partial charge on any atom is -0.386 e. The summed E-state index contributed by atoms with van der Waals surface area (Å²) in [6, 6.07) is 6.53. The van der Waals surface area contributed by atoms with Crippen LogP contribution in [0.5, 0.6) is 0 Å². The van der Waals surface area contributed by atoms with Gasteiger partial charge in [-0.05, 0) is 12.1 Å². The van der Waals surface area contributed by atoms with Crippen LogP contribution in [0.2, 0.25) is 0 Å². The zero-order chi connectivity index (χ0) is 11.4. The predicted octanol–water partition coefficient (Wildman–Crippen LogP) is 0.489. The first-order chi connectivity index (χ1) is 7.02. The van der Waals surface area contributed by atoms with E-state index in [9.17, 15) is 14.4 Å². The van der Waals surface area contributed by atoms with E-state index in [0.717, 1.165) is 0 Å². The fourth-order valence-electron chi connectivity index (χ4n) is 1.03. The minimum atomic E-state index is -0.550. The van der Waals surface area contributed by atoms with Crippen LogP contribution in [0.3, 0.4) is 0 Å². The second-order valence-electron chi connectivity index (χ2n) is 2.83. The van der Waals surface area contributed by atoms with Crippen molar-refractivity contribution >= 4 is 17.8 Å². The zero-order valence-corrected chi connectivity index (χ0v) is 8.02. The molecule has 78 valence electrons. The smallest absolute Gasteiger partial charge is 0.346 e. The van der Waals surface area contributed by atoms with Gasteiger partial charge in [0.25, 0.3) is 0 Å². The maximum absolute atomic E-state index is 10.8. The van der Waals surface area contributed by atoms with Gasteiger partial charge in [-0.2, -0.15) is 0 Å². The number of amides is 1. The van der Waals surface area contributed by atoms with Gasteiger partial charge in [-0.15, -0.1) is 0 Å². The molecular formula is C10H9NO4. The van der Waals surface area contributed by atoms with E-state index in [1.54, 1.807) is 24.3 Å². The number of cyclic esters (lactones) is 2. The van der Waals surface area contributed by atoms with Crippen molar-refractivity contribution in [3.8, 4) is 0 Å². The van der Waals surface area contributed by atoms with E-state index in [4.69, 9.17) is 0 Å². The Morgan fingerprint density at radius 3 is 1.80 bits per heavy atom. The lowest BCUT2D eigenvalue weighted by Gasteiger charge is -1.86. The summed E-state index contributed by atoms with van der Waals surface area (Å²) in [6.45, 7) is 1.31. The number of primary amides is 1. The average Bonchev–Trinajstić information content (AvgIpc) is 2.43. The standard InChI is InChI=1S/C8H4O3.C2H5NO/c9-7-5-3-1-2-4-6(5)8(10)11-7;1-2(3)4/h1-4H;1H3,(H2,3,4). The number of carbonyl (C=O) groups is 3. The molecule has 2 N–H and O–H groups in total. The lowest BCUT2D eigenvalue weighted by Crippen LogP contribution is -2.01. The molecule has 0 aliphatic carbocycles. The number of rotatable bonds is 0. The van der Waals surface area contributed by atoms with Crippen molar-refractivity contribution in [1.82, 2.24) is 0 Å². The predicted molar refractivity (Wildman–Crippen MR) is 51.1 cm³/mol. The number of esters is 2. The van der Waals surface area contributed by atoms with Crippen LogP contribution < -0.4 is 5.73 Å². The summed E-state index contributed by atoms with van der Waals surface area (Å²) in [6.07, 6.45) is 0. The summed E-state index contributed by atoms with van der Waals surface area (Å²) in [5.41, 5.74) is 5.19. The molecule has 0 fully saturated rings. The van der Waals surface area contributed by atoms with Crippen molar-refractivity contribution in [3.05, 3.63) is 35.4 Å². The van der Waals surface area contributed by atoms with E-state index in [-0.39, 0.29) is 5.91 Å². The number of fused-ring (bicyclic) bond motifs is 1. The van der Waals surface area contributed by atoms with E-state index in [1.807, 2.05) is 0 Å². The van der Waals surface area contributed by atoms with Crippen LogP contribution in [0.15, 0.2) is 24.3 Å². The van der Waals surface area contributed by atoms with Crippen molar-refractivity contribution in [1.29, 1.82) is 0 Å². The van der Waals surface area contributed by atoms with Crippen molar-refractivity contribution < 1.29 is 19.1 Å². The van der Waals surface area contributed by atoms with Gasteiger partial charge in [-0.25, -0.2) is 9.59 Å². The number of hydrogen-bond donors (Lipinski definition) is 1. The van der Waals surface area contributed by atoms with Gasteiger partial charge in [-0.1, -0.05) is 12.1 Å². The van der Waals surface area contributed by atoms with Crippen molar-refractivity contribution in [2.75, 3.05) is 0 Å². The van der Waals surface area contributed by atoms with Crippen LogP contribution in [-0.2, 0) is 9.53 Å². The molecule has 1 aromatic rings. The minimum absolute atomic E-state index is 0.333. The number of nitrogens with two attached hydrogens (primary N) is 1. The molecule has 0 radical (unpaired) electrons. The normalized spacial score (nSPS) is 12.3. The van der Waals surface area contributed by atoms with E-state index in [2.05, 4.69) is 10.5 Å². The third-order valence-corrected chi connectivity index (χ3v) is 1.55. The summed E-state index contributed by atoms with van der Waals surface area (Å²) in [4.78, 5) is 30.9. The monoisotopic (exact) mass is 207 g/mol. The number of hydrogen-bond acceptors (Lipinski definition) is 4. The van der Waals surface area contributed by atoms with Crippen LogP contribution in [0.1, 0.15) is 27.6 Å². The molecule has 0 saturated heterocycles. The quantitative estimate of drug-likeness (QED) is 0.495. The van der Waals surface area contributed by atoms with Crippen LogP contribution in [0.25, 0.3) is 0 Å². The Morgan fingerprint density at radius 1 is 1.13 bits per heavy atom. The fraction of sp³-hybridized carbons (Fsp3) is 0.100. The molecule has 0 bridgehead atoms. The van der Waals surface area contributed by atoms with E-state index < -0.39 is 11.9 Å². The summed E-state index contributed by atoms with van der Waals surface area (Å²) in [5.74, 6) is -1.43. The highest BCUT2D eigenvalue weighted by Crippen LogP contribution is 2.18. The third-order valence-electron chi connectivity index (χ3n) is 1.55. The lowest BCUT2D eigenvalue weighted by molar-refractivity contribution is -0.115. The molecule has 1 aliphatic rings. The molecule has 2 rings (SSSR count). The lowest BCUT2D eigenvalue weighted by atomic mass is 10.1. The van der Waals surface area contributed by atoms with Crippen LogP contribution in [0, 0.1) is 0 Å². The van der Waals surface area contributed by atoms with Crippen LogP contribution in [0.4, 0.5) is 0 Å². The second kappa shape index (κ2) is 4.36. The molecule has 1 heterocycles. The molecule has 5 nitrogen and oxygen atoms in total. The number of carbonyl (C=O) groups excluding carboxylic acids is 3. The van der Waals surface area contributed by atoms with Gasteiger partial charge in [0.1, 0.15) is 0 Å². The summed E-state index contributed by atoms with van der Waals surface area (Å²) >= 11 is 0. The second-order valence-corrected chi connectivity index (χ2v) is 2.83. The van der Waals surface area contributed by atoms with Gasteiger partial charge >= 0.3 is 11.9 Å². The number of benzene rings is 1. The van der Waals surface area contributed by atoms with Crippen LogP contribution >= 0.6 is 0 Å². The first-order valence-corrected chi connectivity index (χ1v) is 4.14. The summed E-state index contributed by atoms with van der Waals surface area (Å²) in [7, 11) is 0. The molecule has 1 amide bonds. The van der Waals surface area contributed by atoms with Crippen molar-refractivity contribution in [3.63, 3.8) is 0 Å². The topological polar surface area (TPSA) is 86.5 Å². The Kier molecular flexibility index (Phi) is 3.17. The largest absolute Gasteiger partial charge is 0.386 e. The Morgan fingerprint density at radius 2 is 1.47 bits per heavy atom. The summed E-state index contributed by atoms with van der Waals surface area (Å²) in [5, 5.41) is 0. The molecule has 0 unspecified atom stereocenters. The van der Waals surface area contributed by atoms with Gasteiger partial charge in [-0.3, -0.25) is 4.79 Å². The number of ether oxygens (including phenoxy) is 1. The van der Waals surface area contributed by atoms with Crippen LogP contribution in [-0.4, -0.2) is 17.8 Å². The molecule has 0 aromatic heterocycles. The van der Waals surface area contributed by atoms with E-state index in [0.29, 0.717) is 11.1 Å². The van der Waals surface area contributed by atoms with Gasteiger partial charge in [0.2, 0.25) is 5.91 Å². The van der Waals surface area contributed by atoms with Gasteiger partial charge in [0, 0.05) is 6.92 Å². The highest BCUT2D eigenvalue weighted by Gasteiger charge is 2.28. The first kappa shape index (κ1) is 10.9. The first-order valence-electron chi connectivity index (χ1n) is 4.14. The Balaban J connectivity index is 0.000000245. The van der Waals surface area contributed by atoms with Gasteiger partial charge in [0.05, 0.1) is 11.1 Å². The van der Waals surface area contributed by atoms with Crippen molar-refractivity contribution in [2.45, 2.75) is 6.92 Å². The molecule has 1 aliphatic heterocycles. The highest BCUT2D eigenvalue weighted by atomic mass is 16.6. The van der Waals surface area contributed by atoms with Gasteiger partial charge < -0.3 is 10.5 Å². The molecule has 1 aromatic carbocycles.